The minimum Gasteiger partial charge on any atom is -0.462 e. The van der Waals surface area contributed by atoms with Crippen LogP contribution in [0.3, 0.4) is 0 Å². The van der Waals surface area contributed by atoms with Gasteiger partial charge in [0.1, 0.15) is 11.5 Å². The van der Waals surface area contributed by atoms with Gasteiger partial charge in [0.15, 0.2) is 0 Å². The van der Waals surface area contributed by atoms with E-state index in [1.165, 1.54) is 11.0 Å². The van der Waals surface area contributed by atoms with Gasteiger partial charge >= 0.3 is 0 Å². The number of rotatable bonds is 5. The van der Waals surface area contributed by atoms with E-state index >= 15 is 0 Å². The van der Waals surface area contributed by atoms with E-state index in [1.54, 1.807) is 17.4 Å². The molecule has 0 fully saturated rings. The predicted molar refractivity (Wildman–Crippen MR) is 73.5 cm³/mol. The Kier molecular flexibility index (Phi) is 4.36. The molecule has 0 aromatic carbocycles. The lowest BCUT2D eigenvalue weighted by Gasteiger charge is -1.99. The average molecular weight is 261 g/mol. The summed E-state index contributed by atoms with van der Waals surface area (Å²) in [6.45, 7) is 2.53. The molecule has 0 aliphatic carbocycles. The molecule has 3 nitrogen and oxygen atoms in total. The molecule has 2 aromatic heterocycles. The Hall–Kier alpha value is -1.81. The van der Waals surface area contributed by atoms with Gasteiger partial charge in [0.2, 0.25) is 5.91 Å². The molecule has 94 valence electrons. The van der Waals surface area contributed by atoms with Crippen LogP contribution in [0.5, 0.6) is 0 Å². The number of amides is 1. The van der Waals surface area contributed by atoms with Crippen molar-refractivity contribution in [2.45, 2.75) is 13.3 Å². The number of nitrogens with one attached hydrogen (secondary N) is 1. The fourth-order valence-electron chi connectivity index (χ4n) is 1.52. The van der Waals surface area contributed by atoms with E-state index in [-0.39, 0.29) is 5.91 Å². The molecule has 2 aromatic rings. The Bertz CT molecular complexity index is 526. The monoisotopic (exact) mass is 261 g/mol. The molecule has 0 spiro atoms. The van der Waals surface area contributed by atoms with Gasteiger partial charge in [-0.15, -0.1) is 11.3 Å². The molecule has 0 bridgehead atoms. The van der Waals surface area contributed by atoms with Crippen LogP contribution in [-0.2, 0) is 11.2 Å². The molecule has 4 heteroatoms. The Morgan fingerprint density at radius 1 is 1.44 bits per heavy atom. The van der Waals surface area contributed by atoms with Crippen molar-refractivity contribution in [3.8, 4) is 0 Å². The summed E-state index contributed by atoms with van der Waals surface area (Å²) in [4.78, 5) is 12.8. The first-order valence-corrected chi connectivity index (χ1v) is 6.67. The minimum absolute atomic E-state index is 0.0967. The Balaban J connectivity index is 1.73. The SMILES string of the molecule is Cc1ccc(/C=C/C(=O)NCCc2cccs2)o1. The van der Waals surface area contributed by atoms with Crippen LogP contribution in [0.15, 0.2) is 40.1 Å². The summed E-state index contributed by atoms with van der Waals surface area (Å²) < 4.78 is 5.33. The third-order valence-corrected chi connectivity index (χ3v) is 3.35. The number of carbonyl (C=O) groups excluding carboxylic acids is 1. The van der Waals surface area contributed by atoms with Crippen LogP contribution >= 0.6 is 11.3 Å². The third kappa shape index (κ3) is 3.89. The van der Waals surface area contributed by atoms with Gasteiger partial charge in [-0.25, -0.2) is 0 Å². The topological polar surface area (TPSA) is 42.2 Å². The highest BCUT2D eigenvalue weighted by atomic mass is 32.1. The molecular formula is C14H15NO2S. The molecule has 2 rings (SSSR count). The second-order valence-corrected chi connectivity index (χ2v) is 4.93. The highest BCUT2D eigenvalue weighted by Crippen LogP contribution is 2.09. The van der Waals surface area contributed by atoms with E-state index in [4.69, 9.17) is 4.42 Å². The molecule has 0 aliphatic rings. The standard InChI is InChI=1S/C14H15NO2S/c1-11-4-5-12(17-11)6-7-14(16)15-9-8-13-3-2-10-18-13/h2-7,10H,8-9H2,1H3,(H,15,16)/b7-6+. The molecule has 0 aliphatic heterocycles. The number of carbonyl (C=O) groups is 1. The molecule has 2 heterocycles. The number of hydrogen-bond acceptors (Lipinski definition) is 3. The van der Waals surface area contributed by atoms with E-state index in [9.17, 15) is 4.79 Å². The summed E-state index contributed by atoms with van der Waals surface area (Å²) >= 11 is 1.70. The Morgan fingerprint density at radius 2 is 2.33 bits per heavy atom. The fourth-order valence-corrected chi connectivity index (χ4v) is 2.23. The quantitative estimate of drug-likeness (QED) is 0.841. The van der Waals surface area contributed by atoms with Crippen molar-refractivity contribution < 1.29 is 9.21 Å². The van der Waals surface area contributed by atoms with Gasteiger partial charge in [0, 0.05) is 17.5 Å². The Morgan fingerprint density at radius 3 is 3.00 bits per heavy atom. The van der Waals surface area contributed by atoms with Crippen LogP contribution in [0.25, 0.3) is 6.08 Å². The van der Waals surface area contributed by atoms with Gasteiger partial charge in [-0.1, -0.05) is 6.07 Å². The van der Waals surface area contributed by atoms with E-state index < -0.39 is 0 Å². The first-order valence-electron chi connectivity index (χ1n) is 5.79. The van der Waals surface area contributed by atoms with Crippen LogP contribution in [0.2, 0.25) is 0 Å². The van der Waals surface area contributed by atoms with Crippen molar-refractivity contribution in [1.82, 2.24) is 5.32 Å². The molecule has 1 N–H and O–H groups in total. The predicted octanol–water partition coefficient (Wildman–Crippen LogP) is 3.02. The van der Waals surface area contributed by atoms with Gasteiger partial charge < -0.3 is 9.73 Å². The normalized spacial score (nSPS) is 10.9. The highest BCUT2D eigenvalue weighted by Gasteiger charge is 1.98. The lowest BCUT2D eigenvalue weighted by atomic mass is 10.3. The van der Waals surface area contributed by atoms with Crippen molar-refractivity contribution in [1.29, 1.82) is 0 Å². The van der Waals surface area contributed by atoms with E-state index in [1.807, 2.05) is 30.5 Å². The zero-order valence-electron chi connectivity index (χ0n) is 10.2. The van der Waals surface area contributed by atoms with Gasteiger partial charge in [-0.05, 0) is 43.0 Å². The van der Waals surface area contributed by atoms with Crippen LogP contribution in [-0.4, -0.2) is 12.5 Å². The number of furan rings is 1. The largest absolute Gasteiger partial charge is 0.462 e. The van der Waals surface area contributed by atoms with Gasteiger partial charge in [0.05, 0.1) is 0 Å². The first kappa shape index (κ1) is 12.6. The van der Waals surface area contributed by atoms with E-state index in [2.05, 4.69) is 11.4 Å². The first-order chi connectivity index (χ1) is 8.74. The maximum atomic E-state index is 11.5. The summed E-state index contributed by atoms with van der Waals surface area (Å²) in [6, 6.07) is 7.79. The van der Waals surface area contributed by atoms with Crippen molar-refractivity contribution in [2.75, 3.05) is 6.54 Å². The number of hydrogen-bond donors (Lipinski definition) is 1. The highest BCUT2D eigenvalue weighted by molar-refractivity contribution is 7.09. The molecule has 0 saturated carbocycles. The van der Waals surface area contributed by atoms with Crippen molar-refractivity contribution in [3.05, 3.63) is 52.1 Å². The fraction of sp³-hybridized carbons (Fsp3) is 0.214. The van der Waals surface area contributed by atoms with Gasteiger partial charge in [-0.2, -0.15) is 0 Å². The molecule has 0 radical (unpaired) electrons. The second kappa shape index (κ2) is 6.21. The van der Waals surface area contributed by atoms with Crippen molar-refractivity contribution >= 4 is 23.3 Å². The van der Waals surface area contributed by atoms with Crippen molar-refractivity contribution in [2.24, 2.45) is 0 Å². The van der Waals surface area contributed by atoms with Crippen molar-refractivity contribution in [3.63, 3.8) is 0 Å². The van der Waals surface area contributed by atoms with E-state index in [0.29, 0.717) is 12.3 Å². The zero-order valence-corrected chi connectivity index (χ0v) is 11.0. The molecular weight excluding hydrogens is 246 g/mol. The molecule has 0 atom stereocenters. The number of aryl methyl sites for hydroxylation is 1. The smallest absolute Gasteiger partial charge is 0.244 e. The summed E-state index contributed by atoms with van der Waals surface area (Å²) in [5, 5.41) is 4.88. The maximum Gasteiger partial charge on any atom is 0.244 e. The van der Waals surface area contributed by atoms with Gasteiger partial charge in [0.25, 0.3) is 0 Å². The summed E-state index contributed by atoms with van der Waals surface area (Å²) in [7, 11) is 0. The number of thiophene rings is 1. The van der Waals surface area contributed by atoms with Crippen LogP contribution in [0.1, 0.15) is 16.4 Å². The second-order valence-electron chi connectivity index (χ2n) is 3.90. The van der Waals surface area contributed by atoms with Gasteiger partial charge in [-0.3, -0.25) is 4.79 Å². The Labute approximate surface area is 110 Å². The lowest BCUT2D eigenvalue weighted by Crippen LogP contribution is -2.23. The molecule has 0 saturated heterocycles. The maximum absolute atomic E-state index is 11.5. The lowest BCUT2D eigenvalue weighted by molar-refractivity contribution is -0.116. The zero-order chi connectivity index (χ0) is 12.8. The molecule has 18 heavy (non-hydrogen) atoms. The van der Waals surface area contributed by atoms with Crippen LogP contribution in [0, 0.1) is 6.92 Å². The summed E-state index contributed by atoms with van der Waals surface area (Å²) in [5.41, 5.74) is 0. The summed E-state index contributed by atoms with van der Waals surface area (Å²) in [5.74, 6) is 1.44. The summed E-state index contributed by atoms with van der Waals surface area (Å²) in [6.07, 6.45) is 4.04. The average Bonchev–Trinajstić information content (AvgIpc) is 2.98. The molecule has 0 unspecified atom stereocenters. The van der Waals surface area contributed by atoms with Crippen LogP contribution in [0.4, 0.5) is 0 Å². The minimum atomic E-state index is -0.0967. The van der Waals surface area contributed by atoms with Crippen LogP contribution < -0.4 is 5.32 Å². The third-order valence-electron chi connectivity index (χ3n) is 2.41. The van der Waals surface area contributed by atoms with E-state index in [0.717, 1.165) is 12.2 Å². The molecule has 1 amide bonds.